The molecule has 0 amide bonds. The molecule has 3 rings (SSSR count). The van der Waals surface area contributed by atoms with E-state index in [4.69, 9.17) is 19.1 Å². The molecule has 0 radical (unpaired) electrons. The molecule has 2 aromatic carbocycles. The predicted octanol–water partition coefficient (Wildman–Crippen LogP) is 3.00. The molecule has 0 aliphatic heterocycles. The number of hydrogen-bond acceptors (Lipinski definition) is 6. The first-order valence-electron chi connectivity index (χ1n) is 7.61. The Hall–Kier alpha value is -2.86. The average molecular weight is 326 g/mol. The quantitative estimate of drug-likeness (QED) is 0.719. The zero-order valence-electron chi connectivity index (χ0n) is 13.3. The standard InChI is InChI=1S/C18H18N2O4/c1-13-6-8-14(9-7-13)18-19-17(24-20-18)12-23-16-5-3-2-4-15(16)22-11-10-21/h2-9,21H,10-12H2,1H3. The van der Waals surface area contributed by atoms with E-state index in [9.17, 15) is 0 Å². The van der Waals surface area contributed by atoms with E-state index in [2.05, 4.69) is 10.1 Å². The third-order valence-corrected chi connectivity index (χ3v) is 3.33. The Morgan fingerprint density at radius 1 is 1.00 bits per heavy atom. The van der Waals surface area contributed by atoms with Gasteiger partial charge in [-0.15, -0.1) is 0 Å². The van der Waals surface area contributed by atoms with Gasteiger partial charge in [0.15, 0.2) is 18.1 Å². The molecule has 6 heteroatoms. The highest BCUT2D eigenvalue weighted by atomic mass is 16.5. The lowest BCUT2D eigenvalue weighted by atomic mass is 10.1. The van der Waals surface area contributed by atoms with E-state index >= 15 is 0 Å². The van der Waals surface area contributed by atoms with Crippen LogP contribution in [0.4, 0.5) is 0 Å². The van der Waals surface area contributed by atoms with Crippen LogP contribution < -0.4 is 9.47 Å². The van der Waals surface area contributed by atoms with Crippen LogP contribution in [0, 0.1) is 6.92 Å². The van der Waals surface area contributed by atoms with Crippen LogP contribution >= 0.6 is 0 Å². The number of rotatable bonds is 7. The Labute approximate surface area is 139 Å². The molecular weight excluding hydrogens is 308 g/mol. The lowest BCUT2D eigenvalue weighted by Gasteiger charge is -2.10. The van der Waals surface area contributed by atoms with Crippen LogP contribution in [0.2, 0.25) is 0 Å². The molecule has 3 aromatic rings. The van der Waals surface area contributed by atoms with Crippen molar-refractivity contribution in [1.29, 1.82) is 0 Å². The monoisotopic (exact) mass is 326 g/mol. The summed E-state index contributed by atoms with van der Waals surface area (Å²) in [6.07, 6.45) is 0. The molecule has 0 fully saturated rings. The second-order valence-corrected chi connectivity index (χ2v) is 5.19. The summed E-state index contributed by atoms with van der Waals surface area (Å²) in [5.41, 5.74) is 2.06. The number of hydrogen-bond donors (Lipinski definition) is 1. The Balaban J connectivity index is 1.66. The van der Waals surface area contributed by atoms with E-state index in [0.717, 1.165) is 5.56 Å². The zero-order chi connectivity index (χ0) is 16.8. The normalized spacial score (nSPS) is 10.6. The van der Waals surface area contributed by atoms with Crippen molar-refractivity contribution in [2.75, 3.05) is 13.2 Å². The molecular formula is C18H18N2O4. The fourth-order valence-corrected chi connectivity index (χ4v) is 2.12. The first kappa shape index (κ1) is 16.0. The van der Waals surface area contributed by atoms with Crippen LogP contribution in [0.25, 0.3) is 11.4 Å². The highest BCUT2D eigenvalue weighted by Gasteiger charge is 2.11. The van der Waals surface area contributed by atoms with E-state index in [1.54, 1.807) is 12.1 Å². The molecule has 1 N–H and O–H groups in total. The van der Waals surface area contributed by atoms with Gasteiger partial charge in [-0.3, -0.25) is 0 Å². The van der Waals surface area contributed by atoms with Crippen molar-refractivity contribution < 1.29 is 19.1 Å². The Morgan fingerprint density at radius 3 is 2.42 bits per heavy atom. The fourth-order valence-electron chi connectivity index (χ4n) is 2.12. The molecule has 0 spiro atoms. The number of aromatic nitrogens is 2. The van der Waals surface area contributed by atoms with E-state index in [-0.39, 0.29) is 19.8 Å². The molecule has 1 aromatic heterocycles. The van der Waals surface area contributed by atoms with Gasteiger partial charge in [0, 0.05) is 5.56 Å². The van der Waals surface area contributed by atoms with Gasteiger partial charge < -0.3 is 19.1 Å². The van der Waals surface area contributed by atoms with Crippen LogP contribution in [-0.2, 0) is 6.61 Å². The van der Waals surface area contributed by atoms with Crippen molar-refractivity contribution in [3.05, 3.63) is 60.0 Å². The van der Waals surface area contributed by atoms with Crippen molar-refractivity contribution in [2.24, 2.45) is 0 Å². The molecule has 0 saturated carbocycles. The third-order valence-electron chi connectivity index (χ3n) is 3.33. The van der Waals surface area contributed by atoms with Gasteiger partial charge in [-0.25, -0.2) is 0 Å². The van der Waals surface area contributed by atoms with Gasteiger partial charge in [0.2, 0.25) is 5.82 Å². The zero-order valence-corrected chi connectivity index (χ0v) is 13.3. The molecule has 6 nitrogen and oxygen atoms in total. The maximum Gasteiger partial charge on any atom is 0.264 e. The third kappa shape index (κ3) is 3.91. The fraction of sp³-hybridized carbons (Fsp3) is 0.222. The molecule has 24 heavy (non-hydrogen) atoms. The molecule has 124 valence electrons. The number of aryl methyl sites for hydroxylation is 1. The minimum atomic E-state index is -0.0576. The second-order valence-electron chi connectivity index (χ2n) is 5.19. The van der Waals surface area contributed by atoms with E-state index in [1.165, 1.54) is 5.56 Å². The minimum Gasteiger partial charge on any atom is -0.487 e. The lowest BCUT2D eigenvalue weighted by molar-refractivity contribution is 0.187. The highest BCUT2D eigenvalue weighted by Crippen LogP contribution is 2.27. The molecule has 1 heterocycles. The van der Waals surface area contributed by atoms with Crippen molar-refractivity contribution in [3.8, 4) is 22.9 Å². The largest absolute Gasteiger partial charge is 0.487 e. The maximum absolute atomic E-state index is 8.86. The first-order valence-corrected chi connectivity index (χ1v) is 7.61. The Bertz CT molecular complexity index is 784. The predicted molar refractivity (Wildman–Crippen MR) is 87.8 cm³/mol. The lowest BCUT2D eigenvalue weighted by Crippen LogP contribution is -2.04. The van der Waals surface area contributed by atoms with Gasteiger partial charge in [0.1, 0.15) is 6.61 Å². The van der Waals surface area contributed by atoms with Crippen LogP contribution in [0.5, 0.6) is 11.5 Å². The molecule has 0 unspecified atom stereocenters. The van der Waals surface area contributed by atoms with E-state index in [0.29, 0.717) is 23.2 Å². The Morgan fingerprint density at radius 2 is 1.71 bits per heavy atom. The summed E-state index contributed by atoms with van der Waals surface area (Å²) in [5.74, 6) is 2.02. The van der Waals surface area contributed by atoms with Gasteiger partial charge >= 0.3 is 0 Å². The number of aliphatic hydroxyl groups excluding tert-OH is 1. The number of para-hydroxylation sites is 2. The van der Waals surface area contributed by atoms with Crippen LogP contribution in [0.1, 0.15) is 11.5 Å². The first-order chi connectivity index (χ1) is 11.8. The molecule has 0 saturated heterocycles. The number of ether oxygens (including phenoxy) is 2. The van der Waals surface area contributed by atoms with Gasteiger partial charge in [0.25, 0.3) is 5.89 Å². The summed E-state index contributed by atoms with van der Waals surface area (Å²) in [6.45, 7) is 2.31. The van der Waals surface area contributed by atoms with E-state index < -0.39 is 0 Å². The van der Waals surface area contributed by atoms with Crippen molar-refractivity contribution in [3.63, 3.8) is 0 Å². The van der Waals surface area contributed by atoms with Gasteiger partial charge in [-0.2, -0.15) is 4.98 Å². The summed E-state index contributed by atoms with van der Waals surface area (Å²) in [5, 5.41) is 12.8. The number of nitrogens with zero attached hydrogens (tertiary/aromatic N) is 2. The highest BCUT2D eigenvalue weighted by molar-refractivity contribution is 5.54. The van der Waals surface area contributed by atoms with Crippen molar-refractivity contribution in [2.45, 2.75) is 13.5 Å². The summed E-state index contributed by atoms with van der Waals surface area (Å²) >= 11 is 0. The summed E-state index contributed by atoms with van der Waals surface area (Å²) < 4.78 is 16.3. The molecule has 0 atom stereocenters. The minimum absolute atomic E-state index is 0.0576. The number of benzene rings is 2. The topological polar surface area (TPSA) is 77.6 Å². The summed E-state index contributed by atoms with van der Waals surface area (Å²) in [4.78, 5) is 4.33. The van der Waals surface area contributed by atoms with Gasteiger partial charge in [0.05, 0.1) is 6.61 Å². The Kier molecular flexibility index (Phi) is 5.08. The van der Waals surface area contributed by atoms with Gasteiger partial charge in [-0.05, 0) is 19.1 Å². The second kappa shape index (κ2) is 7.61. The van der Waals surface area contributed by atoms with Crippen LogP contribution in [0.3, 0.4) is 0 Å². The summed E-state index contributed by atoms with van der Waals surface area (Å²) in [6, 6.07) is 15.1. The molecule has 0 bridgehead atoms. The molecule has 0 aliphatic carbocycles. The number of aliphatic hydroxyl groups is 1. The molecule has 0 aliphatic rings. The van der Waals surface area contributed by atoms with Crippen molar-refractivity contribution >= 4 is 0 Å². The van der Waals surface area contributed by atoms with Crippen molar-refractivity contribution in [1.82, 2.24) is 10.1 Å². The van der Waals surface area contributed by atoms with Crippen LogP contribution in [0.15, 0.2) is 53.1 Å². The average Bonchev–Trinajstić information content (AvgIpc) is 3.08. The van der Waals surface area contributed by atoms with Crippen LogP contribution in [-0.4, -0.2) is 28.5 Å². The van der Waals surface area contributed by atoms with Gasteiger partial charge in [-0.1, -0.05) is 47.1 Å². The SMILES string of the molecule is Cc1ccc(-c2noc(COc3ccccc3OCCO)n2)cc1. The smallest absolute Gasteiger partial charge is 0.264 e. The summed E-state index contributed by atoms with van der Waals surface area (Å²) in [7, 11) is 0. The van der Waals surface area contributed by atoms with E-state index in [1.807, 2.05) is 43.3 Å². The maximum atomic E-state index is 8.86.